The van der Waals surface area contributed by atoms with Gasteiger partial charge in [-0.3, -0.25) is 9.69 Å². The van der Waals surface area contributed by atoms with E-state index in [0.717, 1.165) is 12.6 Å². The summed E-state index contributed by atoms with van der Waals surface area (Å²) in [6.07, 6.45) is 1.32. The standard InChI is InChI=1S/C25H32BrF2N3O3/c1-16(2)34-19-7-6-17(14-20(19)33-5)23(32)30-10-8-25(9-11-30)22-18(26)15-21(24(3,27)28)31(22)13-12-29(25)4/h6-7,14-16H,8-13H2,1-5H3. The zero-order chi connectivity index (χ0) is 24.8. The number of amides is 1. The van der Waals surface area contributed by atoms with Crippen LogP contribution >= 0.6 is 15.9 Å². The maximum absolute atomic E-state index is 14.3. The number of carbonyl (C=O) groups excluding carboxylic acids is 1. The van der Waals surface area contributed by atoms with Gasteiger partial charge in [0.15, 0.2) is 11.5 Å². The second-order valence-corrected chi connectivity index (χ2v) is 10.4. The lowest BCUT2D eigenvalue weighted by atomic mass is 9.81. The number of nitrogens with zero attached hydrogens (tertiary/aromatic N) is 3. The van der Waals surface area contributed by atoms with Gasteiger partial charge in [-0.15, -0.1) is 0 Å². The van der Waals surface area contributed by atoms with E-state index in [1.54, 1.807) is 35.9 Å². The van der Waals surface area contributed by atoms with Crippen LogP contribution in [0.25, 0.3) is 0 Å². The van der Waals surface area contributed by atoms with Crippen LogP contribution in [0.2, 0.25) is 0 Å². The largest absolute Gasteiger partial charge is 0.493 e. The maximum atomic E-state index is 14.3. The first-order valence-electron chi connectivity index (χ1n) is 11.6. The van der Waals surface area contributed by atoms with Gasteiger partial charge in [-0.1, -0.05) is 0 Å². The number of fused-ring (bicyclic) bond motifs is 2. The molecule has 1 amide bonds. The smallest absolute Gasteiger partial charge is 0.285 e. The van der Waals surface area contributed by atoms with Crippen LogP contribution in [0, 0.1) is 0 Å². The van der Waals surface area contributed by atoms with Crippen molar-refractivity contribution in [3.8, 4) is 11.5 Å². The molecule has 1 aromatic carbocycles. The van der Waals surface area contributed by atoms with E-state index in [1.807, 2.05) is 25.8 Å². The van der Waals surface area contributed by atoms with Crippen LogP contribution in [0.1, 0.15) is 55.4 Å². The molecule has 6 nitrogen and oxygen atoms in total. The van der Waals surface area contributed by atoms with Crippen LogP contribution < -0.4 is 9.47 Å². The molecule has 0 bridgehead atoms. The Balaban J connectivity index is 1.57. The minimum atomic E-state index is -2.92. The van der Waals surface area contributed by atoms with E-state index in [2.05, 4.69) is 20.8 Å². The summed E-state index contributed by atoms with van der Waals surface area (Å²) in [6, 6.07) is 6.80. The third kappa shape index (κ3) is 4.33. The van der Waals surface area contributed by atoms with Gasteiger partial charge in [-0.2, -0.15) is 0 Å². The summed E-state index contributed by atoms with van der Waals surface area (Å²) in [7, 11) is 3.60. The third-order valence-electron chi connectivity index (χ3n) is 6.98. The Kier molecular flexibility index (Phi) is 6.72. The van der Waals surface area contributed by atoms with Crippen molar-refractivity contribution in [3.05, 3.63) is 45.7 Å². The van der Waals surface area contributed by atoms with Gasteiger partial charge < -0.3 is 18.9 Å². The molecule has 1 saturated heterocycles. The predicted molar refractivity (Wildman–Crippen MR) is 130 cm³/mol. The van der Waals surface area contributed by atoms with Crippen LogP contribution in [0.3, 0.4) is 0 Å². The number of hydrogen-bond donors (Lipinski definition) is 0. The molecular formula is C25H32BrF2N3O3. The van der Waals surface area contributed by atoms with Crippen molar-refractivity contribution in [1.29, 1.82) is 0 Å². The molecule has 2 aliphatic rings. The molecule has 0 unspecified atom stereocenters. The molecular weight excluding hydrogens is 508 g/mol. The molecule has 0 N–H and O–H groups in total. The van der Waals surface area contributed by atoms with E-state index in [0.29, 0.717) is 60.6 Å². The molecule has 0 saturated carbocycles. The molecule has 2 aliphatic heterocycles. The number of hydrogen-bond acceptors (Lipinski definition) is 4. The summed E-state index contributed by atoms with van der Waals surface area (Å²) < 4.78 is 42.3. The van der Waals surface area contributed by atoms with Crippen LogP contribution in [-0.4, -0.2) is 60.2 Å². The summed E-state index contributed by atoms with van der Waals surface area (Å²) >= 11 is 3.57. The quantitative estimate of drug-likeness (QED) is 0.521. The van der Waals surface area contributed by atoms with E-state index < -0.39 is 11.5 Å². The highest BCUT2D eigenvalue weighted by atomic mass is 79.9. The van der Waals surface area contributed by atoms with Crippen molar-refractivity contribution in [2.75, 3.05) is 33.8 Å². The normalized spacial score (nSPS) is 18.3. The number of alkyl halides is 2. The van der Waals surface area contributed by atoms with Crippen molar-refractivity contribution < 1.29 is 23.0 Å². The van der Waals surface area contributed by atoms with Gasteiger partial charge in [0.1, 0.15) is 0 Å². The SMILES string of the molecule is COc1cc(C(=O)N2CCC3(CC2)c2c(Br)cc(C(C)(F)F)n2CCN3C)ccc1OC(C)C. The number of carbonyl (C=O) groups is 1. The van der Waals surface area contributed by atoms with E-state index in [1.165, 1.54) is 0 Å². The molecule has 0 atom stereocenters. The molecule has 1 spiro atoms. The van der Waals surface area contributed by atoms with Gasteiger partial charge >= 0.3 is 0 Å². The molecule has 4 rings (SSSR count). The topological polar surface area (TPSA) is 46.9 Å². The van der Waals surface area contributed by atoms with Crippen LogP contribution in [0.15, 0.2) is 28.7 Å². The summed E-state index contributed by atoms with van der Waals surface area (Å²) in [5.74, 6) is -1.86. The number of ether oxygens (including phenoxy) is 2. The van der Waals surface area contributed by atoms with Crippen molar-refractivity contribution in [2.24, 2.45) is 0 Å². The fraction of sp³-hybridized carbons (Fsp3) is 0.560. The Morgan fingerprint density at radius 1 is 1.12 bits per heavy atom. The zero-order valence-electron chi connectivity index (χ0n) is 20.3. The summed E-state index contributed by atoms with van der Waals surface area (Å²) in [4.78, 5) is 17.4. The number of rotatable bonds is 5. The molecule has 34 heavy (non-hydrogen) atoms. The number of halogens is 3. The molecule has 3 heterocycles. The van der Waals surface area contributed by atoms with Crippen molar-refractivity contribution >= 4 is 21.8 Å². The van der Waals surface area contributed by atoms with E-state index in [4.69, 9.17) is 9.47 Å². The fourth-order valence-electron chi connectivity index (χ4n) is 5.26. The van der Waals surface area contributed by atoms with E-state index in [9.17, 15) is 13.6 Å². The minimum absolute atomic E-state index is 0.00679. The highest BCUT2D eigenvalue weighted by Crippen LogP contribution is 2.47. The average molecular weight is 540 g/mol. The van der Waals surface area contributed by atoms with Crippen molar-refractivity contribution in [2.45, 2.75) is 57.7 Å². The summed E-state index contributed by atoms with van der Waals surface area (Å²) in [5, 5.41) is 0. The molecule has 186 valence electrons. The van der Waals surface area contributed by atoms with Crippen LogP contribution in [-0.2, 0) is 18.0 Å². The second kappa shape index (κ2) is 9.15. The Morgan fingerprint density at radius 2 is 1.79 bits per heavy atom. The molecule has 1 aromatic heterocycles. The Labute approximate surface area is 207 Å². The second-order valence-electron chi connectivity index (χ2n) is 9.54. The van der Waals surface area contributed by atoms with Gasteiger partial charge in [-0.25, -0.2) is 8.78 Å². The monoisotopic (exact) mass is 539 g/mol. The lowest BCUT2D eigenvalue weighted by Gasteiger charge is -2.51. The Morgan fingerprint density at radius 3 is 2.38 bits per heavy atom. The maximum Gasteiger partial charge on any atom is 0.285 e. The average Bonchev–Trinajstić information content (AvgIpc) is 3.14. The number of piperidine rings is 1. The van der Waals surface area contributed by atoms with Crippen molar-refractivity contribution in [3.63, 3.8) is 0 Å². The number of methoxy groups -OCH3 is 1. The number of likely N-dealkylation sites (tertiary alicyclic amines) is 1. The molecule has 1 fully saturated rings. The van der Waals surface area contributed by atoms with Gasteiger partial charge in [0.25, 0.3) is 11.8 Å². The summed E-state index contributed by atoms with van der Waals surface area (Å²) in [5.41, 5.74) is 1.07. The fourth-order valence-corrected chi connectivity index (χ4v) is 6.06. The van der Waals surface area contributed by atoms with Crippen LogP contribution in [0.4, 0.5) is 8.78 Å². The highest BCUT2D eigenvalue weighted by molar-refractivity contribution is 9.10. The third-order valence-corrected chi connectivity index (χ3v) is 7.59. The number of benzene rings is 1. The minimum Gasteiger partial charge on any atom is -0.493 e. The number of likely N-dealkylation sites (N-methyl/N-ethyl adjacent to an activating group) is 1. The van der Waals surface area contributed by atoms with Gasteiger partial charge in [-0.05, 0) is 73.9 Å². The molecule has 9 heteroatoms. The first-order valence-corrected chi connectivity index (χ1v) is 12.4. The van der Waals surface area contributed by atoms with Gasteiger partial charge in [0.05, 0.1) is 30.1 Å². The first kappa shape index (κ1) is 25.0. The summed E-state index contributed by atoms with van der Waals surface area (Å²) in [6.45, 7) is 7.08. The number of aromatic nitrogens is 1. The Bertz CT molecular complexity index is 1070. The lowest BCUT2D eigenvalue weighted by molar-refractivity contribution is -0.00719. The van der Waals surface area contributed by atoms with E-state index in [-0.39, 0.29) is 17.7 Å². The van der Waals surface area contributed by atoms with Crippen LogP contribution in [0.5, 0.6) is 11.5 Å². The Hall–Kier alpha value is -2.13. The zero-order valence-corrected chi connectivity index (χ0v) is 21.9. The molecule has 0 radical (unpaired) electrons. The predicted octanol–water partition coefficient (Wildman–Crippen LogP) is 5.24. The van der Waals surface area contributed by atoms with E-state index >= 15 is 0 Å². The first-order chi connectivity index (χ1) is 16.0. The van der Waals surface area contributed by atoms with Crippen molar-refractivity contribution in [1.82, 2.24) is 14.4 Å². The van der Waals surface area contributed by atoms with Gasteiger partial charge in [0.2, 0.25) is 0 Å². The lowest BCUT2D eigenvalue weighted by Crippen LogP contribution is -2.57. The highest BCUT2D eigenvalue weighted by Gasteiger charge is 2.48. The molecule has 2 aromatic rings. The van der Waals surface area contributed by atoms with Gasteiger partial charge in [0, 0.05) is 43.1 Å². The molecule has 0 aliphatic carbocycles.